The van der Waals surface area contributed by atoms with Crippen molar-refractivity contribution >= 4 is 40.4 Å². The molecule has 0 saturated carbocycles. The first-order valence-corrected chi connectivity index (χ1v) is 5.45. The Morgan fingerprint density at radius 2 is 1.94 bits per heavy atom. The summed E-state index contributed by atoms with van der Waals surface area (Å²) in [5, 5.41) is 3.51. The molecule has 17 heavy (non-hydrogen) atoms. The SMILES string of the molecule is Nc1cc(Cl)cnc1Nc1ccc(Cl)cc1F. The largest absolute Gasteiger partial charge is 0.396 e. The van der Waals surface area contributed by atoms with Crippen LogP contribution in [0.2, 0.25) is 10.0 Å². The normalized spacial score (nSPS) is 10.3. The van der Waals surface area contributed by atoms with Gasteiger partial charge in [0.05, 0.1) is 16.4 Å². The number of nitrogen functional groups attached to an aromatic ring is 1. The van der Waals surface area contributed by atoms with Crippen LogP contribution in [0.25, 0.3) is 0 Å². The van der Waals surface area contributed by atoms with Crippen molar-refractivity contribution in [1.82, 2.24) is 4.98 Å². The van der Waals surface area contributed by atoms with E-state index < -0.39 is 5.82 Å². The minimum Gasteiger partial charge on any atom is -0.396 e. The van der Waals surface area contributed by atoms with E-state index in [4.69, 9.17) is 28.9 Å². The Bertz CT molecular complexity index is 511. The molecule has 0 radical (unpaired) electrons. The highest BCUT2D eigenvalue weighted by Crippen LogP contribution is 2.26. The minimum absolute atomic E-state index is 0.246. The maximum Gasteiger partial charge on any atom is 0.153 e. The lowest BCUT2D eigenvalue weighted by Gasteiger charge is -2.09. The summed E-state index contributed by atoms with van der Waals surface area (Å²) >= 11 is 11.4. The van der Waals surface area contributed by atoms with E-state index in [0.29, 0.717) is 21.6 Å². The Hall–Kier alpha value is -1.52. The van der Waals surface area contributed by atoms with Crippen LogP contribution in [0.1, 0.15) is 0 Å². The summed E-state index contributed by atoms with van der Waals surface area (Å²) in [6, 6.07) is 5.81. The fourth-order valence-electron chi connectivity index (χ4n) is 1.28. The van der Waals surface area contributed by atoms with Crippen molar-refractivity contribution < 1.29 is 4.39 Å². The molecule has 0 amide bonds. The zero-order valence-corrected chi connectivity index (χ0v) is 10.1. The summed E-state index contributed by atoms with van der Waals surface area (Å²) in [6.45, 7) is 0. The minimum atomic E-state index is -0.478. The first kappa shape index (κ1) is 12.0. The standard InChI is InChI=1S/C11H8Cl2FN3/c12-6-1-2-10(8(14)3-6)17-11-9(15)4-7(13)5-16-11/h1-5H,15H2,(H,16,17). The van der Waals surface area contributed by atoms with Crippen LogP contribution < -0.4 is 11.1 Å². The fraction of sp³-hybridized carbons (Fsp3) is 0. The van der Waals surface area contributed by atoms with Gasteiger partial charge in [0.15, 0.2) is 5.82 Å². The smallest absolute Gasteiger partial charge is 0.153 e. The number of pyridine rings is 1. The highest BCUT2D eigenvalue weighted by atomic mass is 35.5. The molecule has 0 unspecified atom stereocenters. The van der Waals surface area contributed by atoms with Crippen LogP contribution in [0.15, 0.2) is 30.5 Å². The molecule has 1 aromatic heterocycles. The van der Waals surface area contributed by atoms with Crippen LogP contribution in [0.5, 0.6) is 0 Å². The van der Waals surface area contributed by atoms with E-state index in [1.165, 1.54) is 24.4 Å². The molecule has 0 aliphatic carbocycles. The second-order valence-corrected chi connectivity index (χ2v) is 4.21. The number of halogens is 3. The number of aromatic nitrogens is 1. The van der Waals surface area contributed by atoms with Gasteiger partial charge in [0.2, 0.25) is 0 Å². The third kappa shape index (κ3) is 2.78. The van der Waals surface area contributed by atoms with E-state index in [9.17, 15) is 4.39 Å². The van der Waals surface area contributed by atoms with E-state index in [2.05, 4.69) is 10.3 Å². The van der Waals surface area contributed by atoms with E-state index in [0.717, 1.165) is 0 Å². The maximum absolute atomic E-state index is 13.5. The Kier molecular flexibility index (Phi) is 3.36. The van der Waals surface area contributed by atoms with Crippen molar-refractivity contribution in [2.45, 2.75) is 0 Å². The molecule has 2 rings (SSSR count). The lowest BCUT2D eigenvalue weighted by atomic mass is 10.3. The molecule has 0 bridgehead atoms. The predicted molar refractivity (Wildman–Crippen MR) is 68.4 cm³/mol. The first-order valence-electron chi connectivity index (χ1n) is 4.69. The number of nitrogens with zero attached hydrogens (tertiary/aromatic N) is 1. The Labute approximate surface area is 107 Å². The molecule has 0 saturated heterocycles. The molecule has 0 aliphatic rings. The van der Waals surface area contributed by atoms with Gasteiger partial charge < -0.3 is 11.1 Å². The number of hydrogen-bond acceptors (Lipinski definition) is 3. The molecule has 88 valence electrons. The number of nitrogens with two attached hydrogens (primary N) is 1. The van der Waals surface area contributed by atoms with E-state index >= 15 is 0 Å². The molecule has 1 aromatic carbocycles. The van der Waals surface area contributed by atoms with Gasteiger partial charge in [-0.25, -0.2) is 9.37 Å². The van der Waals surface area contributed by atoms with Crippen LogP contribution in [0.4, 0.5) is 21.6 Å². The first-order chi connectivity index (χ1) is 8.06. The van der Waals surface area contributed by atoms with Gasteiger partial charge in [0.1, 0.15) is 5.82 Å². The summed E-state index contributed by atoms with van der Waals surface area (Å²) in [5.74, 6) is -0.135. The molecule has 1 heterocycles. The Balaban J connectivity index is 2.31. The van der Waals surface area contributed by atoms with Gasteiger partial charge in [-0.1, -0.05) is 23.2 Å². The number of benzene rings is 1. The number of anilines is 3. The van der Waals surface area contributed by atoms with Crippen molar-refractivity contribution in [3.8, 4) is 0 Å². The summed E-state index contributed by atoms with van der Waals surface area (Å²) in [4.78, 5) is 3.97. The van der Waals surface area contributed by atoms with Gasteiger partial charge in [0, 0.05) is 11.2 Å². The van der Waals surface area contributed by atoms with Crippen molar-refractivity contribution in [2.75, 3.05) is 11.1 Å². The predicted octanol–water partition coefficient (Wildman–Crippen LogP) is 3.85. The number of hydrogen-bond donors (Lipinski definition) is 2. The molecular formula is C11H8Cl2FN3. The molecule has 3 nitrogen and oxygen atoms in total. The van der Waals surface area contributed by atoms with Crippen molar-refractivity contribution in [1.29, 1.82) is 0 Å². The fourth-order valence-corrected chi connectivity index (χ4v) is 1.60. The molecule has 0 fully saturated rings. The van der Waals surface area contributed by atoms with Crippen LogP contribution in [0, 0.1) is 5.82 Å². The van der Waals surface area contributed by atoms with E-state index in [-0.39, 0.29) is 5.69 Å². The average molecular weight is 272 g/mol. The van der Waals surface area contributed by atoms with Crippen LogP contribution in [-0.2, 0) is 0 Å². The van der Waals surface area contributed by atoms with Crippen molar-refractivity contribution in [2.24, 2.45) is 0 Å². The zero-order chi connectivity index (χ0) is 12.4. The summed E-state index contributed by atoms with van der Waals surface area (Å²) in [6.07, 6.45) is 1.42. The van der Waals surface area contributed by atoms with Gasteiger partial charge in [-0.3, -0.25) is 0 Å². The van der Waals surface area contributed by atoms with Gasteiger partial charge in [-0.2, -0.15) is 0 Å². The third-order valence-electron chi connectivity index (χ3n) is 2.07. The van der Waals surface area contributed by atoms with Crippen molar-refractivity contribution in [3.05, 3.63) is 46.3 Å². The van der Waals surface area contributed by atoms with Gasteiger partial charge in [0.25, 0.3) is 0 Å². The number of nitrogens with one attached hydrogen (secondary N) is 1. The highest BCUT2D eigenvalue weighted by molar-refractivity contribution is 6.31. The lowest BCUT2D eigenvalue weighted by molar-refractivity contribution is 0.632. The van der Waals surface area contributed by atoms with E-state index in [1.807, 2.05) is 0 Å². The van der Waals surface area contributed by atoms with Crippen molar-refractivity contribution in [3.63, 3.8) is 0 Å². The second kappa shape index (κ2) is 4.77. The Morgan fingerprint density at radius 1 is 1.18 bits per heavy atom. The van der Waals surface area contributed by atoms with Gasteiger partial charge in [-0.15, -0.1) is 0 Å². The maximum atomic E-state index is 13.5. The van der Waals surface area contributed by atoms with Crippen LogP contribution in [-0.4, -0.2) is 4.98 Å². The Morgan fingerprint density at radius 3 is 2.59 bits per heavy atom. The number of rotatable bonds is 2. The third-order valence-corrected chi connectivity index (χ3v) is 2.51. The molecule has 0 aliphatic heterocycles. The summed E-state index contributed by atoms with van der Waals surface area (Å²) < 4.78 is 13.5. The van der Waals surface area contributed by atoms with Gasteiger partial charge in [-0.05, 0) is 24.3 Å². The van der Waals surface area contributed by atoms with Crippen LogP contribution in [0.3, 0.4) is 0 Å². The molecule has 6 heteroatoms. The van der Waals surface area contributed by atoms with Crippen LogP contribution >= 0.6 is 23.2 Å². The van der Waals surface area contributed by atoms with E-state index in [1.54, 1.807) is 6.07 Å². The van der Waals surface area contributed by atoms with Gasteiger partial charge >= 0.3 is 0 Å². The molecule has 0 atom stereocenters. The average Bonchev–Trinajstić information content (AvgIpc) is 2.25. The molecular weight excluding hydrogens is 264 g/mol. The quantitative estimate of drug-likeness (QED) is 0.872. The lowest BCUT2D eigenvalue weighted by Crippen LogP contribution is -2.00. The monoisotopic (exact) mass is 271 g/mol. The summed E-state index contributed by atoms with van der Waals surface area (Å²) in [5.41, 5.74) is 6.28. The topological polar surface area (TPSA) is 50.9 Å². The molecule has 3 N–H and O–H groups in total. The second-order valence-electron chi connectivity index (χ2n) is 3.34. The molecule has 0 spiro atoms. The summed E-state index contributed by atoms with van der Waals surface area (Å²) in [7, 11) is 0. The zero-order valence-electron chi connectivity index (χ0n) is 8.55. The highest BCUT2D eigenvalue weighted by Gasteiger charge is 2.06. The molecule has 2 aromatic rings.